The summed E-state index contributed by atoms with van der Waals surface area (Å²) in [6, 6.07) is 0. The number of aliphatic carboxylic acids is 2. The average molecular weight is 299 g/mol. The van der Waals surface area contributed by atoms with Crippen LogP contribution in [-0.2, 0) is 30.7 Å². The van der Waals surface area contributed by atoms with Gasteiger partial charge in [0.05, 0.1) is 0 Å². The van der Waals surface area contributed by atoms with Crippen LogP contribution in [0, 0.1) is 0 Å². The van der Waals surface area contributed by atoms with E-state index in [9.17, 15) is 9.59 Å². The number of carboxylic acid groups (broad SMARTS) is 2. The Hall–Kier alpha value is -0.372. The first-order chi connectivity index (χ1) is 3.13. The molecule has 0 aromatic carbocycles. The van der Waals surface area contributed by atoms with Gasteiger partial charge in [0.25, 0.3) is 0 Å². The molecule has 4 nitrogen and oxygen atoms in total. The maximum Gasteiger partial charge on any atom is 0.314 e. The Kier molecular flexibility index (Phi) is 6.32. The number of hydrogen-bond acceptors (Lipinski definition) is 2. The molecule has 0 fully saturated rings. The second kappa shape index (κ2) is 4.78. The SMILES string of the molecule is O=C(O)CC(=O)O.[Pt]. The van der Waals surface area contributed by atoms with Crippen LogP contribution >= 0.6 is 0 Å². The first-order valence-corrected chi connectivity index (χ1v) is 1.56. The van der Waals surface area contributed by atoms with Crippen LogP contribution < -0.4 is 0 Å². The van der Waals surface area contributed by atoms with Crippen LogP contribution in [0.4, 0.5) is 0 Å². The van der Waals surface area contributed by atoms with Crippen LogP contribution in [0.5, 0.6) is 0 Å². The molecule has 2 N–H and O–H groups in total. The van der Waals surface area contributed by atoms with Crippen LogP contribution in [-0.4, -0.2) is 22.2 Å². The monoisotopic (exact) mass is 299 g/mol. The Labute approximate surface area is 59.8 Å². The molecule has 0 saturated carbocycles. The molecule has 0 aliphatic heterocycles. The summed E-state index contributed by atoms with van der Waals surface area (Å²) >= 11 is 0. The van der Waals surface area contributed by atoms with Gasteiger partial charge >= 0.3 is 11.9 Å². The summed E-state index contributed by atoms with van der Waals surface area (Å²) in [5.41, 5.74) is 0. The van der Waals surface area contributed by atoms with E-state index in [1.54, 1.807) is 0 Å². The third kappa shape index (κ3) is 9.16. The quantitative estimate of drug-likeness (QED) is 0.677. The van der Waals surface area contributed by atoms with E-state index in [-0.39, 0.29) is 21.1 Å². The first kappa shape index (κ1) is 10.6. The Morgan fingerprint density at radius 2 is 1.38 bits per heavy atom. The number of carbonyl (C=O) groups is 2. The molecule has 0 aliphatic rings. The van der Waals surface area contributed by atoms with Gasteiger partial charge < -0.3 is 10.2 Å². The van der Waals surface area contributed by atoms with Crippen molar-refractivity contribution in [1.82, 2.24) is 0 Å². The van der Waals surface area contributed by atoms with Crippen molar-refractivity contribution in [2.75, 3.05) is 0 Å². The summed E-state index contributed by atoms with van der Waals surface area (Å²) in [5, 5.41) is 15.4. The molecule has 0 radical (unpaired) electrons. The summed E-state index contributed by atoms with van der Waals surface area (Å²) in [4.78, 5) is 18.9. The molecule has 0 atom stereocenters. The van der Waals surface area contributed by atoms with E-state index in [0.717, 1.165) is 0 Å². The van der Waals surface area contributed by atoms with Crippen molar-refractivity contribution in [1.29, 1.82) is 0 Å². The van der Waals surface area contributed by atoms with E-state index < -0.39 is 18.4 Å². The van der Waals surface area contributed by atoms with Gasteiger partial charge in [0.2, 0.25) is 0 Å². The number of rotatable bonds is 2. The zero-order valence-corrected chi connectivity index (χ0v) is 6.01. The van der Waals surface area contributed by atoms with Crippen molar-refractivity contribution in [3.63, 3.8) is 0 Å². The van der Waals surface area contributed by atoms with Crippen LogP contribution in [0.1, 0.15) is 6.42 Å². The van der Waals surface area contributed by atoms with E-state index in [1.165, 1.54) is 0 Å². The van der Waals surface area contributed by atoms with Gasteiger partial charge in [-0.25, -0.2) is 0 Å². The van der Waals surface area contributed by atoms with Gasteiger partial charge in [0.1, 0.15) is 6.42 Å². The molecule has 0 bridgehead atoms. The predicted molar refractivity (Wildman–Crippen MR) is 19.9 cm³/mol. The topological polar surface area (TPSA) is 74.6 Å². The maximum atomic E-state index is 9.43. The van der Waals surface area contributed by atoms with Gasteiger partial charge in [0, 0.05) is 21.1 Å². The van der Waals surface area contributed by atoms with E-state index in [4.69, 9.17) is 10.2 Å². The molecule has 0 aliphatic carbocycles. The van der Waals surface area contributed by atoms with Gasteiger partial charge in [-0.15, -0.1) is 0 Å². The maximum absolute atomic E-state index is 9.43. The van der Waals surface area contributed by atoms with Gasteiger partial charge in [-0.3, -0.25) is 9.59 Å². The molecule has 50 valence electrons. The molecule has 0 heterocycles. The van der Waals surface area contributed by atoms with Crippen molar-refractivity contribution >= 4 is 11.9 Å². The molecule has 8 heavy (non-hydrogen) atoms. The average Bonchev–Trinajstić information content (AvgIpc) is 1.27. The third-order valence-electron chi connectivity index (χ3n) is 0.302. The molecular weight excluding hydrogens is 295 g/mol. The zero-order valence-electron chi connectivity index (χ0n) is 3.73. The first-order valence-electron chi connectivity index (χ1n) is 1.56. The molecule has 0 unspecified atom stereocenters. The summed E-state index contributed by atoms with van der Waals surface area (Å²) in [6.45, 7) is 0. The fraction of sp³-hybridized carbons (Fsp3) is 0.333. The minimum Gasteiger partial charge on any atom is -0.481 e. The van der Waals surface area contributed by atoms with Crippen molar-refractivity contribution in [2.24, 2.45) is 0 Å². The standard InChI is InChI=1S/C3H4O4.Pt/c4-2(5)1-3(6)7;/h1H2,(H,4,5)(H,6,7);. The molecule has 0 aromatic rings. The van der Waals surface area contributed by atoms with Crippen molar-refractivity contribution in [2.45, 2.75) is 6.42 Å². The van der Waals surface area contributed by atoms with Crippen LogP contribution in [0.25, 0.3) is 0 Å². The van der Waals surface area contributed by atoms with Gasteiger partial charge in [-0.1, -0.05) is 0 Å². The van der Waals surface area contributed by atoms with E-state index in [0.29, 0.717) is 0 Å². The Bertz CT molecular complexity index is 87.5. The third-order valence-corrected chi connectivity index (χ3v) is 0.302. The number of hydrogen-bond donors (Lipinski definition) is 2. The minimum absolute atomic E-state index is 0. The molecular formula is C3H4O4Pt. The van der Waals surface area contributed by atoms with Gasteiger partial charge in [0.15, 0.2) is 0 Å². The second-order valence-corrected chi connectivity index (χ2v) is 0.964. The van der Waals surface area contributed by atoms with Crippen LogP contribution in [0.15, 0.2) is 0 Å². The molecule has 0 aromatic heterocycles. The fourth-order valence-electron chi connectivity index (χ4n) is 0.129. The van der Waals surface area contributed by atoms with E-state index in [2.05, 4.69) is 0 Å². The molecule has 0 amide bonds. The molecule has 0 spiro atoms. The minimum atomic E-state index is -1.31. The van der Waals surface area contributed by atoms with Crippen molar-refractivity contribution in [3.05, 3.63) is 0 Å². The molecule has 0 saturated heterocycles. The Balaban J connectivity index is 0. The summed E-state index contributed by atoms with van der Waals surface area (Å²) in [7, 11) is 0. The van der Waals surface area contributed by atoms with Crippen molar-refractivity contribution in [3.8, 4) is 0 Å². The van der Waals surface area contributed by atoms with Crippen LogP contribution in [0.3, 0.4) is 0 Å². The van der Waals surface area contributed by atoms with Gasteiger partial charge in [-0.05, 0) is 0 Å². The largest absolute Gasteiger partial charge is 0.481 e. The Morgan fingerprint density at radius 3 is 1.38 bits per heavy atom. The zero-order chi connectivity index (χ0) is 5.86. The summed E-state index contributed by atoms with van der Waals surface area (Å²) in [6.07, 6.45) is -0.806. The number of carboxylic acids is 2. The van der Waals surface area contributed by atoms with Crippen molar-refractivity contribution < 1.29 is 40.9 Å². The normalized spacial score (nSPS) is 7.00. The smallest absolute Gasteiger partial charge is 0.314 e. The second-order valence-electron chi connectivity index (χ2n) is 0.964. The fourth-order valence-corrected chi connectivity index (χ4v) is 0.129. The summed E-state index contributed by atoms with van der Waals surface area (Å²) in [5.74, 6) is -2.62. The molecule has 0 rings (SSSR count). The predicted octanol–water partition coefficient (Wildman–Crippen LogP) is -0.457. The van der Waals surface area contributed by atoms with Crippen LogP contribution in [0.2, 0.25) is 0 Å². The van der Waals surface area contributed by atoms with E-state index >= 15 is 0 Å². The van der Waals surface area contributed by atoms with E-state index in [1.807, 2.05) is 0 Å². The van der Waals surface area contributed by atoms with Gasteiger partial charge in [-0.2, -0.15) is 0 Å². The summed E-state index contributed by atoms with van der Waals surface area (Å²) < 4.78 is 0. The molecule has 5 heteroatoms. The Morgan fingerprint density at radius 1 is 1.12 bits per heavy atom.